The van der Waals surface area contributed by atoms with Crippen molar-refractivity contribution in [1.29, 1.82) is 0 Å². The minimum Gasteiger partial charge on any atom is -0.502 e. The van der Waals surface area contributed by atoms with Crippen LogP contribution in [-0.4, -0.2) is 61.3 Å². The highest BCUT2D eigenvalue weighted by Crippen LogP contribution is 2.37. The molecule has 1 aliphatic rings. The average Bonchev–Trinajstić information content (AvgIpc) is 3.32. The summed E-state index contributed by atoms with van der Waals surface area (Å²) in [6.07, 6.45) is 11.2. The van der Waals surface area contributed by atoms with Crippen LogP contribution in [-0.2, 0) is 4.79 Å². The molecule has 35 heavy (non-hydrogen) atoms. The largest absolute Gasteiger partial charge is 0.502 e. The van der Waals surface area contributed by atoms with E-state index in [9.17, 15) is 9.90 Å². The van der Waals surface area contributed by atoms with Crippen LogP contribution in [0.4, 0.5) is 0 Å². The maximum Gasteiger partial charge on any atom is 0.244 e. The lowest BCUT2D eigenvalue weighted by molar-refractivity contribution is -0.116. The van der Waals surface area contributed by atoms with Gasteiger partial charge in [-0.1, -0.05) is 36.4 Å². The van der Waals surface area contributed by atoms with Crippen LogP contribution in [0, 0.1) is 0 Å². The summed E-state index contributed by atoms with van der Waals surface area (Å²) >= 11 is 0. The molecule has 0 unspecified atom stereocenters. The first-order valence-electron chi connectivity index (χ1n) is 11.9. The number of nitrogens with zero attached hydrogens (tertiary/aromatic N) is 1. The van der Waals surface area contributed by atoms with Crippen LogP contribution in [0.3, 0.4) is 0 Å². The number of aromatic amines is 1. The second-order valence-corrected chi connectivity index (χ2v) is 8.69. The lowest BCUT2D eigenvalue weighted by Crippen LogP contribution is -2.38. The fourth-order valence-electron chi connectivity index (χ4n) is 4.62. The summed E-state index contributed by atoms with van der Waals surface area (Å²) in [5.41, 5.74) is 3.42. The number of phenols is 1. The van der Waals surface area contributed by atoms with E-state index in [0.717, 1.165) is 38.0 Å². The van der Waals surface area contributed by atoms with E-state index in [4.69, 9.17) is 9.47 Å². The first-order valence-corrected chi connectivity index (χ1v) is 11.9. The van der Waals surface area contributed by atoms with Gasteiger partial charge in [0, 0.05) is 36.3 Å². The van der Waals surface area contributed by atoms with Crippen LogP contribution in [0.15, 0.2) is 60.8 Å². The van der Waals surface area contributed by atoms with Crippen molar-refractivity contribution in [2.24, 2.45) is 0 Å². The maximum atomic E-state index is 12.1. The van der Waals surface area contributed by atoms with Gasteiger partial charge >= 0.3 is 0 Å². The number of hydrogen-bond acceptors (Lipinski definition) is 5. The number of aromatic hydroxyl groups is 1. The number of H-pyrrole nitrogens is 1. The molecule has 2 aromatic carbocycles. The molecule has 3 aromatic rings. The van der Waals surface area contributed by atoms with Gasteiger partial charge in [0.05, 0.1) is 14.2 Å². The van der Waals surface area contributed by atoms with Crippen LogP contribution in [0.2, 0.25) is 0 Å². The number of para-hydroxylation sites is 1. The Kier molecular flexibility index (Phi) is 8.11. The van der Waals surface area contributed by atoms with Crippen molar-refractivity contribution in [3.05, 3.63) is 72.0 Å². The number of allylic oxidation sites excluding steroid dienone is 2. The number of phenolic OH excluding ortho intramolecular Hbond substituents is 1. The Balaban J connectivity index is 1.19. The van der Waals surface area contributed by atoms with E-state index in [1.807, 2.05) is 6.08 Å². The fraction of sp³-hybridized carbons (Fsp3) is 0.321. The summed E-state index contributed by atoms with van der Waals surface area (Å²) in [5, 5.41) is 14.3. The highest BCUT2D eigenvalue weighted by molar-refractivity contribution is 5.88. The molecule has 1 aliphatic heterocycles. The topological polar surface area (TPSA) is 86.8 Å². The van der Waals surface area contributed by atoms with Crippen LogP contribution < -0.4 is 14.8 Å². The number of rotatable bonds is 9. The highest BCUT2D eigenvalue weighted by atomic mass is 16.5. The summed E-state index contributed by atoms with van der Waals surface area (Å²) in [5.74, 6) is 1.08. The number of piperidine rings is 1. The predicted molar refractivity (Wildman–Crippen MR) is 139 cm³/mol. The third-order valence-corrected chi connectivity index (χ3v) is 6.53. The van der Waals surface area contributed by atoms with E-state index in [0.29, 0.717) is 24.0 Å². The lowest BCUT2D eigenvalue weighted by Gasteiger charge is -2.31. The average molecular weight is 476 g/mol. The van der Waals surface area contributed by atoms with E-state index in [-0.39, 0.29) is 11.7 Å². The zero-order valence-electron chi connectivity index (χ0n) is 20.3. The first kappa shape index (κ1) is 24.4. The van der Waals surface area contributed by atoms with Crippen LogP contribution in [0.25, 0.3) is 17.0 Å². The molecule has 7 heteroatoms. The predicted octanol–water partition coefficient (Wildman–Crippen LogP) is 4.46. The van der Waals surface area contributed by atoms with E-state index in [2.05, 4.69) is 45.7 Å². The van der Waals surface area contributed by atoms with Crippen LogP contribution in [0.5, 0.6) is 17.2 Å². The highest BCUT2D eigenvalue weighted by Gasteiger charge is 2.22. The third-order valence-electron chi connectivity index (χ3n) is 6.53. The van der Waals surface area contributed by atoms with Crippen molar-refractivity contribution >= 4 is 22.9 Å². The molecule has 0 atom stereocenters. The minimum atomic E-state index is -0.121. The van der Waals surface area contributed by atoms with Gasteiger partial charge in [0.25, 0.3) is 0 Å². The molecule has 3 N–H and O–H groups in total. The van der Waals surface area contributed by atoms with Crippen molar-refractivity contribution in [2.45, 2.75) is 18.8 Å². The monoisotopic (exact) mass is 475 g/mol. The number of likely N-dealkylation sites (tertiary alicyclic amines) is 1. The molecule has 1 amide bonds. The summed E-state index contributed by atoms with van der Waals surface area (Å²) < 4.78 is 10.3. The number of aromatic nitrogens is 1. The molecule has 4 rings (SSSR count). The number of methoxy groups -OCH3 is 2. The molecule has 0 radical (unpaired) electrons. The van der Waals surface area contributed by atoms with Gasteiger partial charge in [-0.15, -0.1) is 0 Å². The number of nitrogens with one attached hydrogen (secondary N) is 2. The Bertz CT molecular complexity index is 1180. The zero-order chi connectivity index (χ0) is 24.6. The molecule has 7 nitrogen and oxygen atoms in total. The number of ether oxygens (including phenoxy) is 2. The Morgan fingerprint density at radius 1 is 1.14 bits per heavy atom. The quantitative estimate of drug-likeness (QED) is 0.314. The summed E-state index contributed by atoms with van der Waals surface area (Å²) in [6, 6.07) is 11.9. The van der Waals surface area contributed by atoms with Gasteiger partial charge in [-0.2, -0.15) is 0 Å². The maximum absolute atomic E-state index is 12.1. The fourth-order valence-corrected chi connectivity index (χ4v) is 4.62. The molecule has 1 fully saturated rings. The molecule has 0 spiro atoms. The SMILES string of the molecule is COc1cc(C=C/C=C/C(=O)NCCN2CCC(c3c[nH]c4ccccc34)CC2)cc(OC)c1O. The second kappa shape index (κ2) is 11.6. The van der Waals surface area contributed by atoms with Gasteiger partial charge in [-0.3, -0.25) is 4.79 Å². The first-order chi connectivity index (χ1) is 17.1. The van der Waals surface area contributed by atoms with Gasteiger partial charge in [0.2, 0.25) is 11.7 Å². The summed E-state index contributed by atoms with van der Waals surface area (Å²) in [7, 11) is 2.97. The smallest absolute Gasteiger partial charge is 0.244 e. The molecule has 2 heterocycles. The van der Waals surface area contributed by atoms with Crippen LogP contribution >= 0.6 is 0 Å². The molecular weight excluding hydrogens is 442 g/mol. The van der Waals surface area contributed by atoms with Gasteiger partial charge in [-0.25, -0.2) is 0 Å². The molecule has 0 saturated carbocycles. The van der Waals surface area contributed by atoms with E-state index in [1.54, 1.807) is 24.3 Å². The summed E-state index contributed by atoms with van der Waals surface area (Å²) in [4.78, 5) is 18.0. The Morgan fingerprint density at radius 2 is 1.86 bits per heavy atom. The molecule has 0 bridgehead atoms. The number of benzene rings is 2. The standard InChI is InChI=1S/C28H33N3O4/c1-34-25-17-20(18-26(35-2)28(25)33)7-3-6-10-27(32)29-13-16-31-14-11-21(12-15-31)23-19-30-24-9-5-4-8-22(23)24/h3-10,17-19,21,30,33H,11-16H2,1-2H3,(H,29,32)/b7-3?,10-6+. The van der Waals surface area contributed by atoms with Gasteiger partial charge in [-0.05, 0) is 61.2 Å². The van der Waals surface area contributed by atoms with E-state index in [1.165, 1.54) is 36.8 Å². The number of fused-ring (bicyclic) bond motifs is 1. The van der Waals surface area contributed by atoms with Crippen molar-refractivity contribution in [2.75, 3.05) is 40.4 Å². The molecule has 184 valence electrons. The van der Waals surface area contributed by atoms with E-state index >= 15 is 0 Å². The molecule has 1 saturated heterocycles. The second-order valence-electron chi connectivity index (χ2n) is 8.69. The van der Waals surface area contributed by atoms with Gasteiger partial charge < -0.3 is 29.8 Å². The zero-order valence-corrected chi connectivity index (χ0v) is 20.3. The molecule has 0 aliphatic carbocycles. The van der Waals surface area contributed by atoms with Crippen molar-refractivity contribution in [3.63, 3.8) is 0 Å². The third kappa shape index (κ3) is 6.05. The summed E-state index contributed by atoms with van der Waals surface area (Å²) in [6.45, 7) is 3.55. The Labute approximate surface area is 206 Å². The number of carbonyl (C=O) groups excluding carboxylic acids is 1. The Morgan fingerprint density at radius 3 is 2.57 bits per heavy atom. The number of amides is 1. The van der Waals surface area contributed by atoms with E-state index < -0.39 is 0 Å². The van der Waals surface area contributed by atoms with Gasteiger partial charge in [0.15, 0.2) is 11.5 Å². The van der Waals surface area contributed by atoms with Crippen LogP contribution in [0.1, 0.15) is 29.9 Å². The molecule has 1 aromatic heterocycles. The Hall–Kier alpha value is -3.71. The minimum absolute atomic E-state index is 0.0377. The normalized spacial score (nSPS) is 15.3. The number of carbonyl (C=O) groups is 1. The number of hydrogen-bond donors (Lipinski definition) is 3. The van der Waals surface area contributed by atoms with Crippen molar-refractivity contribution in [3.8, 4) is 17.2 Å². The van der Waals surface area contributed by atoms with Crippen molar-refractivity contribution in [1.82, 2.24) is 15.2 Å². The van der Waals surface area contributed by atoms with Crippen molar-refractivity contribution < 1.29 is 19.4 Å². The van der Waals surface area contributed by atoms with Gasteiger partial charge in [0.1, 0.15) is 0 Å². The molecular formula is C28H33N3O4. The lowest BCUT2D eigenvalue weighted by atomic mass is 9.89.